The Kier molecular flexibility index (Phi) is 5.47. The molecule has 0 spiro atoms. The number of fused-ring (bicyclic) bond motifs is 2. The number of benzene rings is 1. The molecule has 1 atom stereocenters. The van der Waals surface area contributed by atoms with Crippen LogP contribution in [0.1, 0.15) is 24.3 Å². The van der Waals surface area contributed by atoms with E-state index in [0.717, 1.165) is 31.5 Å². The number of likely N-dealkylation sites (tertiary alicyclic amines) is 1. The molecule has 0 aromatic heterocycles. The zero-order valence-corrected chi connectivity index (χ0v) is 19.8. The Morgan fingerprint density at radius 1 is 1.22 bits per heavy atom. The molecule has 0 saturated carbocycles. The number of para-hydroxylation sites is 1. The monoisotopic (exact) mass is 473 g/mol. The van der Waals surface area contributed by atoms with E-state index in [1.54, 1.807) is 28.7 Å². The van der Waals surface area contributed by atoms with Crippen LogP contribution < -0.4 is 9.03 Å². The van der Waals surface area contributed by atoms with E-state index in [1.807, 2.05) is 36.3 Å². The minimum Gasteiger partial charge on any atom is -0.342 e. The summed E-state index contributed by atoms with van der Waals surface area (Å²) in [6, 6.07) is 7.55. The van der Waals surface area contributed by atoms with Crippen molar-refractivity contribution in [2.45, 2.75) is 24.8 Å². The van der Waals surface area contributed by atoms with Crippen LogP contribution in [0.5, 0.6) is 0 Å². The van der Waals surface area contributed by atoms with Gasteiger partial charge in [0.1, 0.15) is 4.91 Å². The van der Waals surface area contributed by atoms with Crippen LogP contribution in [0.2, 0.25) is 0 Å². The van der Waals surface area contributed by atoms with Gasteiger partial charge in [-0.05, 0) is 56.8 Å². The molecule has 0 radical (unpaired) electrons. The van der Waals surface area contributed by atoms with Crippen molar-refractivity contribution in [3.05, 3.63) is 65.0 Å². The van der Waals surface area contributed by atoms with E-state index in [2.05, 4.69) is 16.7 Å². The summed E-state index contributed by atoms with van der Waals surface area (Å²) in [6.07, 6.45) is 8.72. The Balaban J connectivity index is 1.44. The van der Waals surface area contributed by atoms with Crippen molar-refractivity contribution in [1.82, 2.24) is 18.8 Å². The smallest absolute Gasteiger partial charge is 0.266 e. The predicted molar refractivity (Wildman–Crippen MR) is 127 cm³/mol. The third-order valence-electron chi connectivity index (χ3n) is 6.68. The molecule has 8 nitrogen and oxygen atoms in total. The van der Waals surface area contributed by atoms with Crippen LogP contribution in [-0.4, -0.2) is 68.2 Å². The van der Waals surface area contributed by atoms with Crippen molar-refractivity contribution in [3.63, 3.8) is 0 Å². The Bertz CT molecular complexity index is 1120. The molecule has 0 bridgehead atoms. The van der Waals surface area contributed by atoms with Gasteiger partial charge in [0.15, 0.2) is 0 Å². The molecule has 1 aromatic rings. The Morgan fingerprint density at radius 3 is 2.75 bits per heavy atom. The van der Waals surface area contributed by atoms with E-state index in [-0.39, 0.29) is 23.4 Å². The summed E-state index contributed by atoms with van der Waals surface area (Å²) in [4.78, 5) is 17.9. The van der Waals surface area contributed by atoms with E-state index in [9.17, 15) is 13.2 Å². The average Bonchev–Trinajstić information content (AvgIpc) is 3.43. The van der Waals surface area contributed by atoms with E-state index in [1.165, 1.54) is 16.4 Å². The van der Waals surface area contributed by atoms with Crippen molar-refractivity contribution < 1.29 is 13.2 Å². The normalized spacial score (nSPS) is 23.4. The van der Waals surface area contributed by atoms with Gasteiger partial charge < -0.3 is 14.5 Å². The van der Waals surface area contributed by atoms with Crippen molar-refractivity contribution in [1.29, 1.82) is 0 Å². The summed E-state index contributed by atoms with van der Waals surface area (Å²) in [7, 11) is 0.102. The first-order valence-electron chi connectivity index (χ1n) is 10.8. The number of hydrogen-bond donors (Lipinski definition) is 1. The third-order valence-corrected chi connectivity index (χ3v) is 9.25. The minimum atomic E-state index is -3.85. The van der Waals surface area contributed by atoms with Crippen LogP contribution in [0.4, 0.5) is 5.69 Å². The SMILES string of the molecule is CN1CCC(N(C)C(=O)C2CN(S(=O)(=O)C3=CC=CN4SNC=C34)c3ccccc32)CC1. The second-order valence-electron chi connectivity index (χ2n) is 8.57. The van der Waals surface area contributed by atoms with Crippen LogP contribution >= 0.6 is 12.1 Å². The number of piperidine rings is 1. The zero-order valence-electron chi connectivity index (χ0n) is 18.1. The van der Waals surface area contributed by atoms with Gasteiger partial charge in [0.2, 0.25) is 5.91 Å². The van der Waals surface area contributed by atoms with Gasteiger partial charge >= 0.3 is 0 Å². The molecule has 1 unspecified atom stereocenters. The lowest BCUT2D eigenvalue weighted by atomic mass is 9.97. The van der Waals surface area contributed by atoms with E-state index < -0.39 is 15.9 Å². The van der Waals surface area contributed by atoms with Crippen LogP contribution in [0, 0.1) is 0 Å². The highest BCUT2D eigenvalue weighted by atomic mass is 32.2. The fourth-order valence-corrected chi connectivity index (χ4v) is 7.19. The molecule has 1 fully saturated rings. The van der Waals surface area contributed by atoms with Crippen molar-refractivity contribution in [3.8, 4) is 0 Å². The maximum Gasteiger partial charge on any atom is 0.266 e. The van der Waals surface area contributed by atoms with Crippen molar-refractivity contribution >= 4 is 33.8 Å². The second-order valence-corrected chi connectivity index (χ2v) is 11.2. The lowest BCUT2D eigenvalue weighted by Crippen LogP contribution is -2.46. The molecule has 1 N–H and O–H groups in total. The number of rotatable bonds is 4. The average molecular weight is 474 g/mol. The molecule has 4 aliphatic rings. The Labute approximate surface area is 193 Å². The molecule has 10 heteroatoms. The van der Waals surface area contributed by atoms with Crippen molar-refractivity contribution in [2.24, 2.45) is 0 Å². The van der Waals surface area contributed by atoms with Crippen LogP contribution in [0.15, 0.2) is 59.4 Å². The molecule has 5 rings (SSSR count). The summed E-state index contributed by atoms with van der Waals surface area (Å²) >= 11 is 1.32. The molecular weight excluding hydrogens is 446 g/mol. The van der Waals surface area contributed by atoms with Crippen LogP contribution in [0.25, 0.3) is 0 Å². The maximum absolute atomic E-state index is 13.8. The van der Waals surface area contributed by atoms with Gasteiger partial charge in [0.25, 0.3) is 10.0 Å². The number of anilines is 1. The largest absolute Gasteiger partial charge is 0.342 e. The van der Waals surface area contributed by atoms with Gasteiger partial charge in [-0.15, -0.1) is 0 Å². The topological polar surface area (TPSA) is 76.2 Å². The van der Waals surface area contributed by atoms with Gasteiger partial charge in [0.05, 0.1) is 36.0 Å². The molecular formula is C22H27N5O3S2. The maximum atomic E-state index is 13.8. The molecule has 4 aliphatic heterocycles. The Morgan fingerprint density at radius 2 is 1.97 bits per heavy atom. The lowest BCUT2D eigenvalue weighted by molar-refractivity contribution is -0.134. The van der Waals surface area contributed by atoms with Gasteiger partial charge in [-0.3, -0.25) is 13.4 Å². The molecule has 4 heterocycles. The number of carbonyl (C=O) groups is 1. The first-order chi connectivity index (χ1) is 15.4. The molecule has 32 heavy (non-hydrogen) atoms. The third kappa shape index (κ3) is 3.50. The summed E-state index contributed by atoms with van der Waals surface area (Å²) in [6.45, 7) is 2.04. The number of carbonyl (C=O) groups excluding carboxylic acids is 1. The molecule has 1 amide bonds. The summed E-state index contributed by atoms with van der Waals surface area (Å²) in [5, 5.41) is 0. The van der Waals surface area contributed by atoms with Gasteiger partial charge in [-0.1, -0.05) is 18.2 Å². The highest BCUT2D eigenvalue weighted by Crippen LogP contribution is 2.43. The zero-order chi connectivity index (χ0) is 22.5. The number of nitrogens with zero attached hydrogens (tertiary/aromatic N) is 4. The summed E-state index contributed by atoms with van der Waals surface area (Å²) in [5.41, 5.74) is 1.95. The standard InChI is InChI=1S/C22H27N5O3S2/c1-24-12-9-16(10-13-24)25(2)22(28)18-15-27(19-7-4-3-6-17(18)19)32(29,30)21-8-5-11-26-20(21)14-23-31-26/h3-8,11,14,16,18,23H,9-10,12-13,15H2,1-2H3. The molecule has 170 valence electrons. The fraction of sp³-hybridized carbons (Fsp3) is 0.409. The number of allylic oxidation sites excluding steroid dienone is 2. The number of nitrogens with one attached hydrogen (secondary N) is 1. The number of likely N-dealkylation sites (N-methyl/N-ethyl adjacent to an activating group) is 1. The lowest BCUT2D eigenvalue weighted by Gasteiger charge is -2.36. The summed E-state index contributed by atoms with van der Waals surface area (Å²) in [5.74, 6) is -0.521. The Hall–Kier alpha value is -2.43. The number of amides is 1. The van der Waals surface area contributed by atoms with Crippen molar-refractivity contribution in [2.75, 3.05) is 38.0 Å². The van der Waals surface area contributed by atoms with Gasteiger partial charge in [0, 0.05) is 25.5 Å². The highest BCUT2D eigenvalue weighted by molar-refractivity contribution is 7.97. The van der Waals surface area contributed by atoms with E-state index in [4.69, 9.17) is 0 Å². The van der Waals surface area contributed by atoms with Crippen LogP contribution in [-0.2, 0) is 14.8 Å². The van der Waals surface area contributed by atoms with Gasteiger partial charge in [-0.25, -0.2) is 8.42 Å². The minimum absolute atomic E-state index is 0.0128. The second kappa shape index (κ2) is 8.17. The van der Waals surface area contributed by atoms with E-state index >= 15 is 0 Å². The van der Waals surface area contributed by atoms with Gasteiger partial charge in [-0.2, -0.15) is 0 Å². The highest BCUT2D eigenvalue weighted by Gasteiger charge is 2.44. The predicted octanol–water partition coefficient (Wildman–Crippen LogP) is 2.19. The first kappa shape index (κ1) is 21.4. The molecule has 1 saturated heterocycles. The quantitative estimate of drug-likeness (QED) is 0.672. The number of sulfonamides is 1. The first-order valence-corrected chi connectivity index (χ1v) is 13.0. The molecule has 1 aromatic carbocycles. The van der Waals surface area contributed by atoms with E-state index in [0.29, 0.717) is 11.4 Å². The molecule has 0 aliphatic carbocycles. The summed E-state index contributed by atoms with van der Waals surface area (Å²) < 4.78 is 33.7. The van der Waals surface area contributed by atoms with Crippen LogP contribution in [0.3, 0.4) is 0 Å². The number of hydrogen-bond acceptors (Lipinski definition) is 7. The fourth-order valence-electron chi connectivity index (χ4n) is 4.79.